The summed E-state index contributed by atoms with van der Waals surface area (Å²) in [6.45, 7) is 3.50. The summed E-state index contributed by atoms with van der Waals surface area (Å²) < 4.78 is 13.5. The number of carbonyl (C=O) groups excluding carboxylic acids is 1. The molecule has 5 rings (SSSR count). The molecule has 0 bridgehead atoms. The minimum absolute atomic E-state index is 0.111. The molecule has 4 aromatic rings. The third-order valence-corrected chi connectivity index (χ3v) is 6.58. The van der Waals surface area contributed by atoms with E-state index in [0.717, 1.165) is 29.1 Å². The Morgan fingerprint density at radius 3 is 2.55 bits per heavy atom. The standard InChI is InChI=1S/C28H29N5O5/c1-3-24(34)32-15-13-22(17-32)38-27-25-23(30-20-8-6-19(7-9-20)28(35)36)12-14-29-26(25)33(31-27)16-18-4-10-21(37-2)11-5-18/h4-12,14,22H,3,13,15-17H2,1-2H3,(H,29,30)(H,35,36)/t22-/m1/s1. The molecule has 10 nitrogen and oxygen atoms in total. The highest BCUT2D eigenvalue weighted by molar-refractivity contribution is 5.96. The second-order valence-corrected chi connectivity index (χ2v) is 9.10. The summed E-state index contributed by atoms with van der Waals surface area (Å²) in [6.07, 6.45) is 2.70. The van der Waals surface area contributed by atoms with E-state index >= 15 is 0 Å². The number of amides is 1. The molecule has 1 aliphatic heterocycles. The molecule has 1 saturated heterocycles. The average molecular weight is 516 g/mol. The topological polar surface area (TPSA) is 119 Å². The van der Waals surface area contributed by atoms with Gasteiger partial charge in [0, 0.05) is 31.3 Å². The second-order valence-electron chi connectivity index (χ2n) is 9.10. The molecule has 0 radical (unpaired) electrons. The van der Waals surface area contributed by atoms with Gasteiger partial charge in [0.1, 0.15) is 17.2 Å². The number of aromatic carboxylic acids is 1. The quantitative estimate of drug-likeness (QED) is 0.338. The summed E-state index contributed by atoms with van der Waals surface area (Å²) in [5.41, 5.74) is 3.32. The van der Waals surface area contributed by atoms with Gasteiger partial charge in [0.05, 0.1) is 31.5 Å². The van der Waals surface area contributed by atoms with Crippen molar-refractivity contribution in [1.82, 2.24) is 19.7 Å². The number of methoxy groups -OCH3 is 1. The first-order valence-corrected chi connectivity index (χ1v) is 12.5. The van der Waals surface area contributed by atoms with Gasteiger partial charge in [0.2, 0.25) is 11.8 Å². The Balaban J connectivity index is 1.49. The number of pyridine rings is 1. The SMILES string of the molecule is CCC(=O)N1CC[C@@H](Oc2nn(Cc3ccc(OC)cc3)c3nccc(Nc4ccc(C(=O)O)cc4)c23)C1. The van der Waals surface area contributed by atoms with Crippen molar-refractivity contribution in [2.75, 3.05) is 25.5 Å². The van der Waals surface area contributed by atoms with Crippen LogP contribution >= 0.6 is 0 Å². The van der Waals surface area contributed by atoms with Crippen LogP contribution in [0.2, 0.25) is 0 Å². The van der Waals surface area contributed by atoms with E-state index in [1.165, 1.54) is 0 Å². The van der Waals surface area contributed by atoms with Crippen LogP contribution in [0.3, 0.4) is 0 Å². The van der Waals surface area contributed by atoms with E-state index in [4.69, 9.17) is 14.6 Å². The minimum atomic E-state index is -0.981. The number of nitrogens with one attached hydrogen (secondary N) is 1. The van der Waals surface area contributed by atoms with Crippen LogP contribution in [0.4, 0.5) is 11.4 Å². The van der Waals surface area contributed by atoms with E-state index in [2.05, 4.69) is 10.3 Å². The monoisotopic (exact) mass is 515 g/mol. The largest absolute Gasteiger partial charge is 0.497 e. The third-order valence-electron chi connectivity index (χ3n) is 6.58. The van der Waals surface area contributed by atoms with E-state index in [9.17, 15) is 14.7 Å². The molecular formula is C28H29N5O5. The fourth-order valence-electron chi connectivity index (χ4n) is 4.55. The first-order chi connectivity index (χ1) is 18.4. The number of likely N-dealkylation sites (tertiary alicyclic amines) is 1. The molecule has 10 heteroatoms. The lowest BCUT2D eigenvalue weighted by Gasteiger charge is -2.16. The molecule has 0 spiro atoms. The van der Waals surface area contributed by atoms with E-state index < -0.39 is 5.97 Å². The zero-order chi connectivity index (χ0) is 26.6. The average Bonchev–Trinajstić information content (AvgIpc) is 3.54. The van der Waals surface area contributed by atoms with Gasteiger partial charge in [-0.05, 0) is 48.0 Å². The zero-order valence-corrected chi connectivity index (χ0v) is 21.3. The van der Waals surface area contributed by atoms with Crippen LogP contribution in [0.1, 0.15) is 35.7 Å². The van der Waals surface area contributed by atoms with Crippen molar-refractivity contribution < 1.29 is 24.2 Å². The predicted molar refractivity (Wildman–Crippen MR) is 142 cm³/mol. The number of ether oxygens (including phenoxy) is 2. The summed E-state index contributed by atoms with van der Waals surface area (Å²) in [4.78, 5) is 29.9. The first-order valence-electron chi connectivity index (χ1n) is 12.5. The van der Waals surface area contributed by atoms with Gasteiger partial charge in [-0.3, -0.25) is 4.79 Å². The van der Waals surface area contributed by atoms with Crippen molar-refractivity contribution in [3.05, 3.63) is 71.9 Å². The maximum atomic E-state index is 12.2. The number of nitrogens with zero attached hydrogens (tertiary/aromatic N) is 4. The lowest BCUT2D eigenvalue weighted by atomic mass is 10.2. The van der Waals surface area contributed by atoms with Crippen LogP contribution in [-0.2, 0) is 11.3 Å². The van der Waals surface area contributed by atoms with Gasteiger partial charge in [-0.25, -0.2) is 14.5 Å². The highest BCUT2D eigenvalue weighted by atomic mass is 16.5. The normalized spacial score (nSPS) is 15.0. The Kier molecular flexibility index (Phi) is 7.12. The van der Waals surface area contributed by atoms with E-state index in [-0.39, 0.29) is 17.6 Å². The Morgan fingerprint density at radius 2 is 1.87 bits per heavy atom. The smallest absolute Gasteiger partial charge is 0.335 e. The summed E-state index contributed by atoms with van der Waals surface area (Å²) in [6, 6.07) is 16.1. The summed E-state index contributed by atoms with van der Waals surface area (Å²) in [7, 11) is 1.63. The lowest BCUT2D eigenvalue weighted by molar-refractivity contribution is -0.130. The van der Waals surface area contributed by atoms with Gasteiger partial charge in [0.15, 0.2) is 5.65 Å². The van der Waals surface area contributed by atoms with E-state index in [1.807, 2.05) is 42.2 Å². The number of aromatic nitrogens is 3. The molecule has 196 valence electrons. The highest BCUT2D eigenvalue weighted by Crippen LogP contribution is 2.34. The number of carbonyl (C=O) groups is 2. The number of hydrogen-bond acceptors (Lipinski definition) is 7. The van der Waals surface area contributed by atoms with Gasteiger partial charge in [-0.2, -0.15) is 0 Å². The van der Waals surface area contributed by atoms with Gasteiger partial charge < -0.3 is 24.8 Å². The van der Waals surface area contributed by atoms with Crippen molar-refractivity contribution in [1.29, 1.82) is 0 Å². The number of hydrogen-bond donors (Lipinski definition) is 2. The summed E-state index contributed by atoms with van der Waals surface area (Å²) in [5, 5.41) is 18.1. The second kappa shape index (κ2) is 10.8. The van der Waals surface area contributed by atoms with Crippen molar-refractivity contribution in [3.63, 3.8) is 0 Å². The lowest BCUT2D eigenvalue weighted by Crippen LogP contribution is -2.30. The van der Waals surface area contributed by atoms with E-state index in [1.54, 1.807) is 42.3 Å². The Bertz CT molecular complexity index is 1450. The van der Waals surface area contributed by atoms with Crippen molar-refractivity contribution in [2.45, 2.75) is 32.4 Å². The van der Waals surface area contributed by atoms with Crippen molar-refractivity contribution in [3.8, 4) is 11.6 Å². The Morgan fingerprint density at radius 1 is 1.11 bits per heavy atom. The van der Waals surface area contributed by atoms with Gasteiger partial charge in [0.25, 0.3) is 0 Å². The van der Waals surface area contributed by atoms with Crippen LogP contribution in [0.15, 0.2) is 60.8 Å². The molecule has 1 fully saturated rings. The first kappa shape index (κ1) is 25.1. The van der Waals surface area contributed by atoms with Gasteiger partial charge in [-0.1, -0.05) is 19.1 Å². The molecule has 0 unspecified atom stereocenters. The van der Waals surface area contributed by atoms with Gasteiger partial charge >= 0.3 is 5.97 Å². The molecule has 1 amide bonds. The maximum Gasteiger partial charge on any atom is 0.335 e. The van der Waals surface area contributed by atoms with E-state index in [0.29, 0.717) is 43.0 Å². The molecule has 38 heavy (non-hydrogen) atoms. The Labute approximate surface area is 219 Å². The van der Waals surface area contributed by atoms with Crippen molar-refractivity contribution >= 4 is 34.3 Å². The predicted octanol–water partition coefficient (Wildman–Crippen LogP) is 4.32. The van der Waals surface area contributed by atoms with Crippen LogP contribution in [0, 0.1) is 0 Å². The number of benzene rings is 2. The van der Waals surface area contributed by atoms with Crippen LogP contribution < -0.4 is 14.8 Å². The third kappa shape index (κ3) is 5.24. The molecule has 3 heterocycles. The number of rotatable bonds is 9. The maximum absolute atomic E-state index is 12.2. The highest BCUT2D eigenvalue weighted by Gasteiger charge is 2.29. The molecule has 1 aliphatic rings. The van der Waals surface area contributed by atoms with Crippen LogP contribution in [-0.4, -0.2) is 63.0 Å². The van der Waals surface area contributed by atoms with Crippen molar-refractivity contribution in [2.24, 2.45) is 0 Å². The fraction of sp³-hybridized carbons (Fsp3) is 0.286. The van der Waals surface area contributed by atoms with Crippen LogP contribution in [0.5, 0.6) is 11.6 Å². The summed E-state index contributed by atoms with van der Waals surface area (Å²) >= 11 is 0. The number of anilines is 2. The molecule has 1 atom stereocenters. The fourth-order valence-corrected chi connectivity index (χ4v) is 4.55. The molecular weight excluding hydrogens is 486 g/mol. The number of carboxylic acid groups (broad SMARTS) is 1. The molecule has 2 aromatic carbocycles. The number of fused-ring (bicyclic) bond motifs is 1. The minimum Gasteiger partial charge on any atom is -0.497 e. The van der Waals surface area contributed by atoms with Crippen LogP contribution in [0.25, 0.3) is 11.0 Å². The summed E-state index contributed by atoms with van der Waals surface area (Å²) in [5.74, 6) is 0.335. The molecule has 2 N–H and O–H groups in total. The van der Waals surface area contributed by atoms with Gasteiger partial charge in [-0.15, -0.1) is 5.10 Å². The molecule has 2 aromatic heterocycles. The zero-order valence-electron chi connectivity index (χ0n) is 21.3. The molecule has 0 aliphatic carbocycles. The molecule has 0 saturated carbocycles. The number of carboxylic acids is 1. The Hall–Kier alpha value is -4.60.